The van der Waals surface area contributed by atoms with Crippen LogP contribution >= 0.6 is 0 Å². The van der Waals surface area contributed by atoms with Gasteiger partial charge in [-0.15, -0.1) is 0 Å². The topological polar surface area (TPSA) is 104 Å². The minimum Gasteiger partial charge on any atom is -0.481 e. The molecular weight excluding hydrogens is 296 g/mol. The molecule has 122 valence electrons. The van der Waals surface area contributed by atoms with E-state index in [1.165, 1.54) is 4.90 Å². The Hall–Kier alpha value is -1.31. The van der Waals surface area contributed by atoms with Gasteiger partial charge in [0.2, 0.25) is 0 Å². The number of nitrogens with zero attached hydrogens (tertiary/aromatic N) is 1. The van der Waals surface area contributed by atoms with Crippen LogP contribution < -0.4 is 5.32 Å². The van der Waals surface area contributed by atoms with Gasteiger partial charge in [-0.1, -0.05) is 0 Å². The van der Waals surface area contributed by atoms with E-state index in [0.29, 0.717) is 25.8 Å². The van der Waals surface area contributed by atoms with Gasteiger partial charge in [-0.2, -0.15) is 0 Å². The summed E-state index contributed by atoms with van der Waals surface area (Å²) in [6, 6.07) is -0.406. The lowest BCUT2D eigenvalue weighted by molar-refractivity contribution is -0.137. The van der Waals surface area contributed by atoms with Crippen LogP contribution in [-0.4, -0.2) is 60.6 Å². The maximum atomic E-state index is 12.1. The number of carboxylic acid groups (broad SMARTS) is 1. The number of urea groups is 1. The van der Waals surface area contributed by atoms with Crippen molar-refractivity contribution in [2.45, 2.75) is 50.8 Å². The van der Waals surface area contributed by atoms with Crippen molar-refractivity contribution in [3.8, 4) is 0 Å². The second kappa shape index (κ2) is 7.63. The molecule has 1 aliphatic rings. The molecule has 2 amide bonds. The van der Waals surface area contributed by atoms with Crippen LogP contribution in [0.5, 0.6) is 0 Å². The number of hydrogen-bond donors (Lipinski definition) is 2. The molecule has 8 heteroatoms. The summed E-state index contributed by atoms with van der Waals surface area (Å²) < 4.78 is 23.4. The SMILES string of the molecule is CC(C)N(CCCC(=O)O)C(=O)NCC1CCCS1(=O)=O. The zero-order chi connectivity index (χ0) is 16.0. The molecule has 1 fully saturated rings. The minimum atomic E-state index is -3.07. The standard InChI is InChI=1S/C13H24N2O5S/c1-10(2)15(7-3-6-12(16)17)13(18)14-9-11-5-4-8-21(11,19)20/h10-11H,3-9H2,1-2H3,(H,14,18)(H,16,17). The quantitative estimate of drug-likeness (QED) is 0.723. The van der Waals surface area contributed by atoms with Crippen LogP contribution in [0.1, 0.15) is 39.5 Å². The third-order valence-corrected chi connectivity index (χ3v) is 5.89. The van der Waals surface area contributed by atoms with Gasteiger partial charge in [0.15, 0.2) is 9.84 Å². The largest absolute Gasteiger partial charge is 0.481 e. The van der Waals surface area contributed by atoms with Crippen LogP contribution in [0.4, 0.5) is 4.79 Å². The summed E-state index contributed by atoms with van der Waals surface area (Å²) in [5, 5.41) is 10.8. The maximum Gasteiger partial charge on any atom is 0.317 e. The third-order valence-electron chi connectivity index (χ3n) is 3.62. The van der Waals surface area contributed by atoms with Crippen LogP contribution in [0.15, 0.2) is 0 Å². The second-order valence-corrected chi connectivity index (χ2v) is 8.00. The Morgan fingerprint density at radius 3 is 2.52 bits per heavy atom. The van der Waals surface area contributed by atoms with E-state index in [-0.39, 0.29) is 30.8 Å². The Bertz CT molecular complexity index is 475. The van der Waals surface area contributed by atoms with Gasteiger partial charge in [0.1, 0.15) is 0 Å². The molecule has 1 saturated heterocycles. The van der Waals surface area contributed by atoms with Gasteiger partial charge in [-0.05, 0) is 33.1 Å². The highest BCUT2D eigenvalue weighted by Crippen LogP contribution is 2.19. The molecule has 0 radical (unpaired) electrons. The molecule has 0 spiro atoms. The number of hydrogen-bond acceptors (Lipinski definition) is 4. The molecule has 1 unspecified atom stereocenters. The molecule has 1 atom stereocenters. The van der Waals surface area contributed by atoms with Crippen LogP contribution in [0.2, 0.25) is 0 Å². The highest BCUT2D eigenvalue weighted by molar-refractivity contribution is 7.92. The summed E-state index contributed by atoms with van der Waals surface area (Å²) in [6.45, 7) is 4.15. The number of carbonyl (C=O) groups is 2. The van der Waals surface area contributed by atoms with Crippen molar-refractivity contribution in [1.29, 1.82) is 0 Å². The Balaban J connectivity index is 2.47. The van der Waals surface area contributed by atoms with E-state index in [4.69, 9.17) is 5.11 Å². The molecule has 2 N–H and O–H groups in total. The highest BCUT2D eigenvalue weighted by atomic mass is 32.2. The van der Waals surface area contributed by atoms with Crippen molar-refractivity contribution in [1.82, 2.24) is 10.2 Å². The van der Waals surface area contributed by atoms with Crippen molar-refractivity contribution >= 4 is 21.8 Å². The summed E-state index contributed by atoms with van der Waals surface area (Å²) in [7, 11) is -3.07. The Labute approximate surface area is 125 Å². The molecular formula is C13H24N2O5S. The van der Waals surface area contributed by atoms with E-state index in [1.54, 1.807) is 0 Å². The monoisotopic (exact) mass is 320 g/mol. The van der Waals surface area contributed by atoms with Crippen molar-refractivity contribution in [2.75, 3.05) is 18.8 Å². The number of amides is 2. The number of aliphatic carboxylic acids is 1. The number of rotatable bonds is 7. The molecule has 0 aromatic heterocycles. The minimum absolute atomic E-state index is 0.00744. The highest BCUT2D eigenvalue weighted by Gasteiger charge is 2.31. The van der Waals surface area contributed by atoms with Crippen LogP contribution in [0.3, 0.4) is 0 Å². The second-order valence-electron chi connectivity index (χ2n) is 5.60. The molecule has 0 aromatic carbocycles. The molecule has 0 aliphatic carbocycles. The summed E-state index contributed by atoms with van der Waals surface area (Å²) >= 11 is 0. The van der Waals surface area contributed by atoms with Gasteiger partial charge < -0.3 is 15.3 Å². The van der Waals surface area contributed by atoms with Crippen LogP contribution in [0, 0.1) is 0 Å². The Kier molecular flexibility index (Phi) is 6.44. The Morgan fingerprint density at radius 1 is 1.38 bits per heavy atom. The fourth-order valence-corrected chi connectivity index (χ4v) is 4.15. The van der Waals surface area contributed by atoms with Crippen LogP contribution in [0.25, 0.3) is 0 Å². The molecule has 1 heterocycles. The lowest BCUT2D eigenvalue weighted by Gasteiger charge is -2.27. The van der Waals surface area contributed by atoms with E-state index in [2.05, 4.69) is 5.32 Å². The average molecular weight is 320 g/mol. The van der Waals surface area contributed by atoms with Gasteiger partial charge in [-0.25, -0.2) is 13.2 Å². The van der Waals surface area contributed by atoms with Crippen molar-refractivity contribution in [2.24, 2.45) is 0 Å². The van der Waals surface area contributed by atoms with Gasteiger partial charge in [0, 0.05) is 25.6 Å². The van der Waals surface area contributed by atoms with Crippen molar-refractivity contribution in [3.63, 3.8) is 0 Å². The van der Waals surface area contributed by atoms with E-state index in [1.807, 2.05) is 13.8 Å². The molecule has 1 aliphatic heterocycles. The first kappa shape index (κ1) is 17.7. The molecule has 0 bridgehead atoms. The zero-order valence-corrected chi connectivity index (χ0v) is 13.4. The van der Waals surface area contributed by atoms with Crippen molar-refractivity contribution < 1.29 is 23.1 Å². The first-order valence-electron chi connectivity index (χ1n) is 7.22. The van der Waals surface area contributed by atoms with Crippen LogP contribution in [-0.2, 0) is 14.6 Å². The molecule has 0 aromatic rings. The van der Waals surface area contributed by atoms with Crippen molar-refractivity contribution in [3.05, 3.63) is 0 Å². The summed E-state index contributed by atoms with van der Waals surface area (Å²) in [5.41, 5.74) is 0. The lowest BCUT2D eigenvalue weighted by atomic mass is 10.2. The lowest BCUT2D eigenvalue weighted by Crippen LogP contribution is -2.47. The van der Waals surface area contributed by atoms with E-state index in [9.17, 15) is 18.0 Å². The summed E-state index contributed by atoms with van der Waals surface area (Å²) in [4.78, 5) is 24.1. The maximum absolute atomic E-state index is 12.1. The molecule has 1 rings (SSSR count). The van der Waals surface area contributed by atoms with Gasteiger partial charge >= 0.3 is 12.0 Å². The average Bonchev–Trinajstić information content (AvgIpc) is 2.70. The Morgan fingerprint density at radius 2 is 2.05 bits per heavy atom. The zero-order valence-electron chi connectivity index (χ0n) is 12.5. The molecule has 21 heavy (non-hydrogen) atoms. The predicted octanol–water partition coefficient (Wildman–Crippen LogP) is 0.848. The smallest absolute Gasteiger partial charge is 0.317 e. The van der Waals surface area contributed by atoms with E-state index in [0.717, 1.165) is 0 Å². The predicted molar refractivity (Wildman–Crippen MR) is 78.9 cm³/mol. The number of carbonyl (C=O) groups excluding carboxylic acids is 1. The first-order chi connectivity index (χ1) is 9.74. The fourth-order valence-electron chi connectivity index (χ4n) is 2.39. The summed E-state index contributed by atoms with van der Waals surface area (Å²) in [5.74, 6) is -0.698. The van der Waals surface area contributed by atoms with E-state index < -0.39 is 21.1 Å². The summed E-state index contributed by atoms with van der Waals surface area (Å²) in [6.07, 6.45) is 1.62. The first-order valence-corrected chi connectivity index (χ1v) is 8.93. The van der Waals surface area contributed by atoms with Gasteiger partial charge in [0.25, 0.3) is 0 Å². The third kappa shape index (κ3) is 5.53. The number of nitrogens with one attached hydrogen (secondary N) is 1. The molecule has 7 nitrogen and oxygen atoms in total. The van der Waals surface area contributed by atoms with Gasteiger partial charge in [0.05, 0.1) is 11.0 Å². The van der Waals surface area contributed by atoms with Gasteiger partial charge in [-0.3, -0.25) is 4.79 Å². The molecule has 0 saturated carbocycles. The normalized spacial score (nSPS) is 20.4. The number of sulfone groups is 1. The number of carboxylic acids is 1. The fraction of sp³-hybridized carbons (Fsp3) is 0.846. The van der Waals surface area contributed by atoms with E-state index >= 15 is 0 Å².